The van der Waals surface area contributed by atoms with Crippen LogP contribution in [0.25, 0.3) is 11.1 Å². The summed E-state index contributed by atoms with van der Waals surface area (Å²) in [6.45, 7) is 4.16. The maximum Gasteiger partial charge on any atom is 0.150 e. The lowest BCUT2D eigenvalue weighted by Crippen LogP contribution is -2.10. The van der Waals surface area contributed by atoms with Crippen LogP contribution in [0.4, 0.5) is 34.1 Å². The van der Waals surface area contributed by atoms with E-state index in [2.05, 4.69) is 121 Å². The molecule has 0 N–H and O–H groups in total. The number of aldehydes is 2. The van der Waals surface area contributed by atoms with Gasteiger partial charge in [-0.05, 0) is 122 Å². The van der Waals surface area contributed by atoms with Gasteiger partial charge in [-0.25, -0.2) is 0 Å². The molecule has 0 aliphatic heterocycles. The van der Waals surface area contributed by atoms with E-state index in [1.165, 1.54) is 11.1 Å². The van der Waals surface area contributed by atoms with Crippen molar-refractivity contribution in [2.75, 3.05) is 9.80 Å². The molecule has 44 heavy (non-hydrogen) atoms. The van der Waals surface area contributed by atoms with Gasteiger partial charge in [0, 0.05) is 45.3 Å². The van der Waals surface area contributed by atoms with Gasteiger partial charge in [-0.2, -0.15) is 0 Å². The molecule has 0 radical (unpaired) electrons. The molecule has 0 saturated carbocycles. The van der Waals surface area contributed by atoms with E-state index in [-0.39, 0.29) is 0 Å². The Hall–Kier alpha value is -5.74. The number of benzene rings is 6. The Kier molecular flexibility index (Phi) is 8.15. The minimum absolute atomic E-state index is 0.648. The van der Waals surface area contributed by atoms with Crippen molar-refractivity contribution in [3.05, 3.63) is 168 Å². The lowest BCUT2D eigenvalue weighted by molar-refractivity contribution is 0.111. The summed E-state index contributed by atoms with van der Waals surface area (Å²) in [6, 6.07) is 49.2. The molecule has 0 amide bonds. The van der Waals surface area contributed by atoms with Crippen molar-refractivity contribution in [1.29, 1.82) is 0 Å². The monoisotopic (exact) mass is 572 g/mol. The second-order valence-corrected chi connectivity index (χ2v) is 10.9. The molecule has 214 valence electrons. The van der Waals surface area contributed by atoms with Crippen molar-refractivity contribution in [1.82, 2.24) is 0 Å². The Morgan fingerprint density at radius 3 is 0.818 bits per heavy atom. The van der Waals surface area contributed by atoms with E-state index in [9.17, 15) is 9.59 Å². The molecule has 0 spiro atoms. The number of nitrogens with zero attached hydrogens (tertiary/aromatic N) is 2. The Balaban J connectivity index is 1.31. The van der Waals surface area contributed by atoms with E-state index in [0.29, 0.717) is 11.1 Å². The van der Waals surface area contributed by atoms with Crippen molar-refractivity contribution in [3.8, 4) is 11.1 Å². The molecule has 6 aromatic carbocycles. The highest BCUT2D eigenvalue weighted by Gasteiger charge is 2.15. The van der Waals surface area contributed by atoms with Crippen molar-refractivity contribution >= 4 is 46.7 Å². The Labute approximate surface area is 258 Å². The number of aryl methyl sites for hydroxylation is 2. The summed E-state index contributed by atoms with van der Waals surface area (Å²) >= 11 is 0. The fraction of sp³-hybridized carbons (Fsp3) is 0.0500. The van der Waals surface area contributed by atoms with E-state index < -0.39 is 0 Å². The van der Waals surface area contributed by atoms with Gasteiger partial charge in [0.1, 0.15) is 12.6 Å². The number of carbonyl (C=O) groups excluding carboxylic acids is 2. The lowest BCUT2D eigenvalue weighted by Gasteiger charge is -2.26. The van der Waals surface area contributed by atoms with Gasteiger partial charge in [-0.15, -0.1) is 0 Å². The molecule has 0 unspecified atom stereocenters. The topological polar surface area (TPSA) is 40.6 Å². The predicted molar refractivity (Wildman–Crippen MR) is 181 cm³/mol. The van der Waals surface area contributed by atoms with E-state index in [0.717, 1.165) is 57.8 Å². The van der Waals surface area contributed by atoms with Crippen LogP contribution in [0.15, 0.2) is 146 Å². The third-order valence-corrected chi connectivity index (χ3v) is 7.74. The number of rotatable bonds is 9. The van der Waals surface area contributed by atoms with Gasteiger partial charge in [-0.1, -0.05) is 59.7 Å². The molecule has 0 aliphatic rings. The first kappa shape index (κ1) is 28.4. The van der Waals surface area contributed by atoms with Gasteiger partial charge < -0.3 is 9.80 Å². The van der Waals surface area contributed by atoms with Crippen LogP contribution in [0, 0.1) is 13.8 Å². The summed E-state index contributed by atoms with van der Waals surface area (Å²) in [4.78, 5) is 26.9. The fourth-order valence-corrected chi connectivity index (χ4v) is 5.29. The molecule has 0 aromatic heterocycles. The molecule has 0 atom stereocenters. The number of hydrogen-bond acceptors (Lipinski definition) is 4. The van der Waals surface area contributed by atoms with Crippen LogP contribution < -0.4 is 9.80 Å². The first-order chi connectivity index (χ1) is 21.5. The highest BCUT2D eigenvalue weighted by Crippen LogP contribution is 2.38. The molecule has 0 saturated heterocycles. The maximum atomic E-state index is 11.2. The first-order valence-electron chi connectivity index (χ1n) is 14.6. The SMILES string of the molecule is Cc1ccc(N(c2ccc(C=O)cc2)c2ccc(-c3ccc(N(c4ccc(C)cc4)c4ccc(C=O)cc4)cc3)cc2)cc1. The standard InChI is InChI=1S/C40H32N2O2/c1-29-3-15-35(16-4-29)41(37-19-7-31(27-43)8-20-37)39-23-11-33(12-24-39)34-13-25-40(26-14-34)42(36-17-5-30(2)6-18-36)38-21-9-32(28-44)10-22-38/h3-28H,1-2H3. The van der Waals surface area contributed by atoms with Crippen molar-refractivity contribution in [3.63, 3.8) is 0 Å². The number of hydrogen-bond donors (Lipinski definition) is 0. The number of anilines is 6. The average Bonchev–Trinajstić information content (AvgIpc) is 3.08. The second-order valence-electron chi connectivity index (χ2n) is 10.9. The largest absolute Gasteiger partial charge is 0.311 e. The molecule has 4 heteroatoms. The van der Waals surface area contributed by atoms with Crippen LogP contribution in [0.3, 0.4) is 0 Å². The summed E-state index contributed by atoms with van der Waals surface area (Å²) in [5.74, 6) is 0. The lowest BCUT2D eigenvalue weighted by atomic mass is 10.0. The highest BCUT2D eigenvalue weighted by molar-refractivity contribution is 5.83. The minimum Gasteiger partial charge on any atom is -0.311 e. The zero-order chi connectivity index (χ0) is 30.5. The minimum atomic E-state index is 0.648. The molecule has 6 rings (SSSR count). The van der Waals surface area contributed by atoms with E-state index in [1.807, 2.05) is 48.5 Å². The van der Waals surface area contributed by atoms with E-state index in [4.69, 9.17) is 0 Å². The molecule has 0 aliphatic carbocycles. The van der Waals surface area contributed by atoms with Gasteiger partial charge in [-0.3, -0.25) is 9.59 Å². The van der Waals surface area contributed by atoms with Gasteiger partial charge in [0.25, 0.3) is 0 Å². The first-order valence-corrected chi connectivity index (χ1v) is 14.6. The quantitative estimate of drug-likeness (QED) is 0.162. The fourth-order valence-electron chi connectivity index (χ4n) is 5.29. The van der Waals surface area contributed by atoms with Gasteiger partial charge in [0.05, 0.1) is 0 Å². The smallest absolute Gasteiger partial charge is 0.150 e. The maximum absolute atomic E-state index is 11.2. The van der Waals surface area contributed by atoms with Crippen LogP contribution in [0.5, 0.6) is 0 Å². The van der Waals surface area contributed by atoms with Gasteiger partial charge in [0.15, 0.2) is 0 Å². The summed E-state index contributed by atoms with van der Waals surface area (Å²) in [6.07, 6.45) is 1.73. The number of carbonyl (C=O) groups is 2. The van der Waals surface area contributed by atoms with Crippen LogP contribution >= 0.6 is 0 Å². The van der Waals surface area contributed by atoms with Gasteiger partial charge >= 0.3 is 0 Å². The molecule has 0 bridgehead atoms. The molecular formula is C40H32N2O2. The molecule has 0 heterocycles. The molecule has 0 fully saturated rings. The van der Waals surface area contributed by atoms with Crippen LogP contribution in [0.1, 0.15) is 31.8 Å². The van der Waals surface area contributed by atoms with Crippen molar-refractivity contribution in [2.45, 2.75) is 13.8 Å². The van der Waals surface area contributed by atoms with Crippen molar-refractivity contribution < 1.29 is 9.59 Å². The van der Waals surface area contributed by atoms with E-state index >= 15 is 0 Å². The van der Waals surface area contributed by atoms with Crippen LogP contribution in [0.2, 0.25) is 0 Å². The molecular weight excluding hydrogens is 540 g/mol. The molecule has 4 nitrogen and oxygen atoms in total. The van der Waals surface area contributed by atoms with Crippen LogP contribution in [-0.4, -0.2) is 12.6 Å². The summed E-state index contributed by atoms with van der Waals surface area (Å²) in [5, 5.41) is 0. The summed E-state index contributed by atoms with van der Waals surface area (Å²) in [7, 11) is 0. The normalized spacial score (nSPS) is 10.7. The average molecular weight is 573 g/mol. The zero-order valence-electron chi connectivity index (χ0n) is 24.7. The van der Waals surface area contributed by atoms with Gasteiger partial charge in [0.2, 0.25) is 0 Å². The Morgan fingerprint density at radius 1 is 0.341 bits per heavy atom. The van der Waals surface area contributed by atoms with Crippen LogP contribution in [-0.2, 0) is 0 Å². The second kappa shape index (κ2) is 12.6. The third-order valence-electron chi connectivity index (χ3n) is 7.74. The summed E-state index contributed by atoms with van der Waals surface area (Å²) < 4.78 is 0. The zero-order valence-corrected chi connectivity index (χ0v) is 24.7. The third kappa shape index (κ3) is 6.06. The molecule has 6 aromatic rings. The van der Waals surface area contributed by atoms with Crippen molar-refractivity contribution in [2.24, 2.45) is 0 Å². The Morgan fingerprint density at radius 2 is 0.568 bits per heavy atom. The predicted octanol–water partition coefficient (Wildman–Crippen LogP) is 10.5. The Bertz CT molecular complexity index is 1720. The summed E-state index contributed by atoms with van der Waals surface area (Å²) in [5.41, 5.74) is 12.0. The van der Waals surface area contributed by atoms with E-state index in [1.54, 1.807) is 0 Å². The highest BCUT2D eigenvalue weighted by atomic mass is 16.1.